The van der Waals surface area contributed by atoms with Crippen molar-refractivity contribution in [3.8, 4) is 11.8 Å². The van der Waals surface area contributed by atoms with Crippen LogP contribution in [0.15, 0.2) is 30.6 Å². The fraction of sp³-hybridized carbons (Fsp3) is 0.200. The third kappa shape index (κ3) is 4.34. The van der Waals surface area contributed by atoms with E-state index in [1.807, 2.05) is 6.07 Å². The van der Waals surface area contributed by atoms with Gasteiger partial charge in [-0.15, -0.1) is 0 Å². The number of nitriles is 1. The number of rotatable bonds is 5. The molecule has 0 atom stereocenters. The number of benzene rings is 1. The highest BCUT2D eigenvalue weighted by molar-refractivity contribution is 7.80. The van der Waals surface area contributed by atoms with Crippen molar-refractivity contribution >= 4 is 23.1 Å². The molecule has 0 fully saturated rings. The number of ether oxygens (including phenoxy) is 1. The molecule has 2 aromatic rings. The smallest absolute Gasteiger partial charge is 0.183 e. The first-order chi connectivity index (χ1) is 11.2. The quantitative estimate of drug-likeness (QED) is 0.811. The van der Waals surface area contributed by atoms with Crippen molar-refractivity contribution in [2.75, 3.05) is 19.0 Å². The Bertz CT molecular complexity index is 747. The summed E-state index contributed by atoms with van der Waals surface area (Å²) in [5, 5.41) is 14.9. The van der Waals surface area contributed by atoms with Crippen LogP contribution >= 0.6 is 12.2 Å². The Kier molecular flexibility index (Phi) is 5.77. The van der Waals surface area contributed by atoms with E-state index >= 15 is 0 Å². The van der Waals surface area contributed by atoms with Crippen LogP contribution in [-0.2, 0) is 6.42 Å². The molecule has 0 saturated carbocycles. The van der Waals surface area contributed by atoms with Crippen LogP contribution < -0.4 is 15.4 Å². The highest BCUT2D eigenvalue weighted by Crippen LogP contribution is 2.21. The van der Waals surface area contributed by atoms with Gasteiger partial charge in [-0.25, -0.2) is 14.4 Å². The van der Waals surface area contributed by atoms with Gasteiger partial charge in [0.25, 0.3) is 0 Å². The Morgan fingerprint density at radius 2 is 2.17 bits per heavy atom. The van der Waals surface area contributed by atoms with Crippen molar-refractivity contribution in [3.63, 3.8) is 0 Å². The van der Waals surface area contributed by atoms with Crippen molar-refractivity contribution in [2.24, 2.45) is 0 Å². The van der Waals surface area contributed by atoms with Crippen molar-refractivity contribution in [1.82, 2.24) is 15.3 Å². The van der Waals surface area contributed by atoms with Crippen molar-refractivity contribution < 1.29 is 9.13 Å². The van der Waals surface area contributed by atoms with Gasteiger partial charge in [-0.3, -0.25) is 0 Å². The average molecular weight is 331 g/mol. The maximum atomic E-state index is 13.8. The maximum Gasteiger partial charge on any atom is 0.183 e. The lowest BCUT2D eigenvalue weighted by atomic mass is 10.1. The van der Waals surface area contributed by atoms with E-state index in [0.29, 0.717) is 24.3 Å². The molecule has 2 N–H and O–H groups in total. The minimum absolute atomic E-state index is 0.146. The Morgan fingerprint density at radius 1 is 1.39 bits per heavy atom. The van der Waals surface area contributed by atoms with Gasteiger partial charge >= 0.3 is 0 Å². The van der Waals surface area contributed by atoms with Crippen LogP contribution in [0.1, 0.15) is 11.3 Å². The molecule has 0 saturated heterocycles. The van der Waals surface area contributed by atoms with E-state index in [-0.39, 0.29) is 22.4 Å². The lowest BCUT2D eigenvalue weighted by molar-refractivity contribution is 0.404. The molecule has 8 heteroatoms. The van der Waals surface area contributed by atoms with E-state index in [1.165, 1.54) is 25.6 Å². The molecule has 0 unspecified atom stereocenters. The monoisotopic (exact) mass is 331 g/mol. The lowest BCUT2D eigenvalue weighted by Gasteiger charge is -2.12. The minimum Gasteiger partial charge on any atom is -0.496 e. The normalized spacial score (nSPS) is 9.78. The molecule has 1 heterocycles. The molecule has 6 nitrogen and oxygen atoms in total. The van der Waals surface area contributed by atoms with Crippen molar-refractivity contribution in [2.45, 2.75) is 6.42 Å². The number of anilines is 1. The zero-order valence-electron chi connectivity index (χ0n) is 12.3. The molecule has 23 heavy (non-hydrogen) atoms. The van der Waals surface area contributed by atoms with Crippen molar-refractivity contribution in [3.05, 3.63) is 47.7 Å². The molecular formula is C15H14FN5OS. The molecule has 0 aliphatic carbocycles. The summed E-state index contributed by atoms with van der Waals surface area (Å²) in [6, 6.07) is 6.59. The van der Waals surface area contributed by atoms with Gasteiger partial charge in [-0.2, -0.15) is 5.26 Å². The highest BCUT2D eigenvalue weighted by Gasteiger charge is 2.10. The number of thiocarbonyl (C=S) groups is 1. The number of nitrogens with zero attached hydrogens (tertiary/aromatic N) is 3. The van der Waals surface area contributed by atoms with Crippen LogP contribution in [-0.4, -0.2) is 28.7 Å². The molecule has 0 aliphatic heterocycles. The van der Waals surface area contributed by atoms with Crippen molar-refractivity contribution in [1.29, 1.82) is 5.26 Å². The molecule has 1 aromatic heterocycles. The van der Waals surface area contributed by atoms with Gasteiger partial charge in [0, 0.05) is 24.5 Å². The first kappa shape index (κ1) is 16.6. The second-order valence-electron chi connectivity index (χ2n) is 4.42. The Hall–Kier alpha value is -2.79. The predicted molar refractivity (Wildman–Crippen MR) is 87.6 cm³/mol. The summed E-state index contributed by atoms with van der Waals surface area (Å²) in [5.74, 6) is 0.438. The zero-order valence-corrected chi connectivity index (χ0v) is 13.2. The Labute approximate surface area is 138 Å². The van der Waals surface area contributed by atoms with Crippen LogP contribution in [0.5, 0.6) is 5.75 Å². The molecule has 0 spiro atoms. The third-order valence-electron chi connectivity index (χ3n) is 2.99. The van der Waals surface area contributed by atoms with E-state index in [1.54, 1.807) is 12.1 Å². The lowest BCUT2D eigenvalue weighted by Crippen LogP contribution is -2.31. The van der Waals surface area contributed by atoms with Gasteiger partial charge in [0.1, 0.15) is 17.6 Å². The number of nitrogens with one attached hydrogen (secondary N) is 2. The summed E-state index contributed by atoms with van der Waals surface area (Å²) in [5.41, 5.74) is 0.620. The van der Waals surface area contributed by atoms with Gasteiger partial charge in [0.05, 0.1) is 7.11 Å². The number of hydrogen-bond acceptors (Lipinski definition) is 5. The third-order valence-corrected chi connectivity index (χ3v) is 3.24. The molecule has 118 valence electrons. The summed E-state index contributed by atoms with van der Waals surface area (Å²) < 4.78 is 18.9. The molecule has 0 amide bonds. The topological polar surface area (TPSA) is 82.9 Å². The second kappa shape index (κ2) is 8.00. The fourth-order valence-corrected chi connectivity index (χ4v) is 2.14. The molecule has 0 radical (unpaired) electrons. The zero-order chi connectivity index (χ0) is 16.7. The number of aromatic nitrogens is 2. The summed E-state index contributed by atoms with van der Waals surface area (Å²) >= 11 is 5.13. The molecule has 1 aromatic carbocycles. The number of hydrogen-bond donors (Lipinski definition) is 2. The van der Waals surface area contributed by atoms with Crippen LogP contribution in [0.4, 0.5) is 10.2 Å². The molecule has 0 bridgehead atoms. The van der Waals surface area contributed by atoms with Crippen LogP contribution in [0.2, 0.25) is 0 Å². The first-order valence-electron chi connectivity index (χ1n) is 6.73. The average Bonchev–Trinajstić information content (AvgIpc) is 2.56. The van der Waals surface area contributed by atoms with E-state index in [4.69, 9.17) is 22.2 Å². The fourth-order valence-electron chi connectivity index (χ4n) is 1.94. The van der Waals surface area contributed by atoms with E-state index in [2.05, 4.69) is 20.6 Å². The van der Waals surface area contributed by atoms with Gasteiger partial charge < -0.3 is 15.4 Å². The van der Waals surface area contributed by atoms with Gasteiger partial charge in [-0.1, -0.05) is 6.07 Å². The number of halogens is 1. The van der Waals surface area contributed by atoms with Crippen LogP contribution in [0, 0.1) is 17.1 Å². The summed E-state index contributed by atoms with van der Waals surface area (Å²) in [7, 11) is 1.50. The second-order valence-corrected chi connectivity index (χ2v) is 4.83. The highest BCUT2D eigenvalue weighted by atomic mass is 32.1. The summed E-state index contributed by atoms with van der Waals surface area (Å²) in [4.78, 5) is 7.87. The van der Waals surface area contributed by atoms with E-state index < -0.39 is 0 Å². The molecule has 2 rings (SSSR count). The maximum absolute atomic E-state index is 13.8. The van der Waals surface area contributed by atoms with Gasteiger partial charge in [0.2, 0.25) is 0 Å². The molecular weight excluding hydrogens is 317 g/mol. The summed E-state index contributed by atoms with van der Waals surface area (Å²) in [6.45, 7) is 0.394. The SMILES string of the molecule is COc1cccc(F)c1CCNC(=S)Nc1nccnc1C#N. The van der Waals surface area contributed by atoms with Crippen LogP contribution in [0.25, 0.3) is 0 Å². The predicted octanol–water partition coefficient (Wildman–Crippen LogP) is 2.03. The van der Waals surface area contributed by atoms with Gasteiger partial charge in [0.15, 0.2) is 16.6 Å². The Balaban J connectivity index is 1.92. The first-order valence-corrected chi connectivity index (χ1v) is 7.14. The standard InChI is InChI=1S/C15H14FN5OS/c1-22-13-4-2-3-11(16)10(13)5-6-20-15(23)21-14-12(9-17)18-7-8-19-14/h2-4,7-8H,5-6H2,1H3,(H2,19,20,21,23). The number of methoxy groups -OCH3 is 1. The van der Waals surface area contributed by atoms with Gasteiger partial charge in [-0.05, 0) is 30.8 Å². The largest absolute Gasteiger partial charge is 0.496 e. The Morgan fingerprint density at radius 3 is 2.91 bits per heavy atom. The molecule has 0 aliphatic rings. The van der Waals surface area contributed by atoms with Crippen LogP contribution in [0.3, 0.4) is 0 Å². The van der Waals surface area contributed by atoms with E-state index in [9.17, 15) is 4.39 Å². The minimum atomic E-state index is -0.328. The summed E-state index contributed by atoms with van der Waals surface area (Å²) in [6.07, 6.45) is 3.27. The van der Waals surface area contributed by atoms with E-state index in [0.717, 1.165) is 0 Å².